The van der Waals surface area contributed by atoms with Crippen molar-refractivity contribution >= 4 is 33.2 Å². The molecule has 1 saturated carbocycles. The third-order valence-corrected chi connectivity index (χ3v) is 5.88. The normalized spacial score (nSPS) is 14.0. The minimum Gasteiger partial charge on any atom is -0.491 e. The highest BCUT2D eigenvalue weighted by molar-refractivity contribution is 7.89. The summed E-state index contributed by atoms with van der Waals surface area (Å²) < 4.78 is 32.4. The van der Waals surface area contributed by atoms with Gasteiger partial charge in [0.05, 0.1) is 22.9 Å². The van der Waals surface area contributed by atoms with E-state index in [2.05, 4.69) is 10.0 Å². The molecule has 1 fully saturated rings. The fourth-order valence-electron chi connectivity index (χ4n) is 2.39. The summed E-state index contributed by atoms with van der Waals surface area (Å²) in [4.78, 5) is 12.2. The van der Waals surface area contributed by atoms with Gasteiger partial charge in [0.15, 0.2) is 0 Å². The summed E-state index contributed by atoms with van der Waals surface area (Å²) in [6.45, 7) is 0.666. The van der Waals surface area contributed by atoms with Gasteiger partial charge in [0.1, 0.15) is 5.75 Å². The van der Waals surface area contributed by atoms with Crippen molar-refractivity contribution in [2.24, 2.45) is 5.92 Å². The first kappa shape index (κ1) is 19.7. The Hall–Kier alpha value is -2.09. The van der Waals surface area contributed by atoms with Crippen molar-refractivity contribution in [2.45, 2.75) is 24.2 Å². The van der Waals surface area contributed by atoms with Gasteiger partial charge in [0, 0.05) is 12.2 Å². The molecule has 2 aromatic rings. The number of ether oxygens (including phenoxy) is 1. The van der Waals surface area contributed by atoms with Gasteiger partial charge in [0.2, 0.25) is 15.9 Å². The zero-order valence-corrected chi connectivity index (χ0v) is 16.2. The van der Waals surface area contributed by atoms with Crippen molar-refractivity contribution in [1.29, 1.82) is 0 Å². The summed E-state index contributed by atoms with van der Waals surface area (Å²) in [5.41, 5.74) is 0.527. The smallest absolute Gasteiger partial charge is 0.240 e. The highest BCUT2D eigenvalue weighted by atomic mass is 35.5. The molecule has 2 N–H and O–H groups in total. The molecule has 1 amide bonds. The molecule has 0 unspecified atom stereocenters. The third-order valence-electron chi connectivity index (χ3n) is 4.13. The Labute approximate surface area is 163 Å². The van der Waals surface area contributed by atoms with Crippen LogP contribution in [0.4, 0.5) is 5.69 Å². The van der Waals surface area contributed by atoms with Crippen LogP contribution in [0.3, 0.4) is 0 Å². The number of nitrogens with one attached hydrogen (secondary N) is 2. The molecule has 0 spiro atoms. The second-order valence-corrected chi connectivity index (χ2v) is 8.57. The van der Waals surface area contributed by atoms with E-state index >= 15 is 0 Å². The number of para-hydroxylation sites is 1. The first-order valence-corrected chi connectivity index (χ1v) is 10.6. The van der Waals surface area contributed by atoms with E-state index in [1.165, 1.54) is 12.1 Å². The van der Waals surface area contributed by atoms with Gasteiger partial charge in [-0.2, -0.15) is 0 Å². The molecule has 0 aliphatic heterocycles. The van der Waals surface area contributed by atoms with Crippen LogP contribution in [0.25, 0.3) is 0 Å². The van der Waals surface area contributed by atoms with Crippen molar-refractivity contribution in [2.75, 3.05) is 18.5 Å². The number of benzene rings is 2. The Bertz CT molecular complexity index is 896. The van der Waals surface area contributed by atoms with Gasteiger partial charge in [-0.15, -0.1) is 0 Å². The van der Waals surface area contributed by atoms with Crippen LogP contribution in [0.15, 0.2) is 53.4 Å². The van der Waals surface area contributed by atoms with Crippen LogP contribution in [-0.2, 0) is 14.8 Å². The van der Waals surface area contributed by atoms with E-state index in [-0.39, 0.29) is 23.8 Å². The van der Waals surface area contributed by atoms with E-state index in [0.29, 0.717) is 28.9 Å². The minimum absolute atomic E-state index is 0.147. The zero-order valence-electron chi connectivity index (χ0n) is 14.7. The number of anilines is 1. The summed E-state index contributed by atoms with van der Waals surface area (Å²) in [5, 5.41) is 3.21. The predicted octanol–water partition coefficient (Wildman–Crippen LogP) is 3.44. The number of carbonyl (C=O) groups is 1. The van der Waals surface area contributed by atoms with Crippen LogP contribution >= 0.6 is 11.6 Å². The van der Waals surface area contributed by atoms with Crippen LogP contribution in [0.2, 0.25) is 5.02 Å². The molecule has 0 radical (unpaired) electrons. The van der Waals surface area contributed by atoms with E-state index in [4.69, 9.17) is 16.3 Å². The van der Waals surface area contributed by atoms with Gasteiger partial charge in [-0.3, -0.25) is 4.79 Å². The molecule has 3 rings (SSSR count). The Morgan fingerprint density at radius 3 is 2.48 bits per heavy atom. The lowest BCUT2D eigenvalue weighted by Crippen LogP contribution is -2.25. The molecule has 8 heteroatoms. The monoisotopic (exact) mass is 408 g/mol. The fourth-order valence-corrected chi connectivity index (χ4v) is 3.70. The summed E-state index contributed by atoms with van der Waals surface area (Å²) in [7, 11) is -3.50. The summed E-state index contributed by atoms with van der Waals surface area (Å²) in [5.74, 6) is 0.760. The molecule has 0 saturated heterocycles. The van der Waals surface area contributed by atoms with Gasteiger partial charge in [-0.25, -0.2) is 13.1 Å². The zero-order chi connectivity index (χ0) is 19.3. The average Bonchev–Trinajstić information content (AvgIpc) is 3.47. The molecule has 0 bridgehead atoms. The van der Waals surface area contributed by atoms with Gasteiger partial charge in [-0.05, 0) is 55.2 Å². The van der Waals surface area contributed by atoms with Crippen molar-refractivity contribution in [1.82, 2.24) is 4.72 Å². The Kier molecular flexibility index (Phi) is 6.36. The number of sulfonamides is 1. The molecule has 6 nitrogen and oxygen atoms in total. The van der Waals surface area contributed by atoms with Crippen LogP contribution in [0.5, 0.6) is 5.75 Å². The lowest BCUT2D eigenvalue weighted by atomic mass is 10.3. The molecular weight excluding hydrogens is 388 g/mol. The standard InChI is InChI=1S/C19H21ClN2O4S/c20-17-3-1-2-4-18(17)26-12-11-19(23)22-15-7-9-16(10-8-15)27(24,25)21-13-14-5-6-14/h1-4,7-10,14,21H,5-6,11-13H2,(H,22,23). The maximum Gasteiger partial charge on any atom is 0.240 e. The quantitative estimate of drug-likeness (QED) is 0.665. The number of carbonyl (C=O) groups excluding carboxylic acids is 1. The summed E-state index contributed by atoms with van der Waals surface area (Å²) in [6, 6.07) is 13.1. The van der Waals surface area contributed by atoms with E-state index in [1.54, 1.807) is 36.4 Å². The van der Waals surface area contributed by atoms with E-state index < -0.39 is 10.0 Å². The minimum atomic E-state index is -3.50. The Morgan fingerprint density at radius 2 is 1.81 bits per heavy atom. The lowest BCUT2D eigenvalue weighted by Gasteiger charge is -2.09. The fraction of sp³-hybridized carbons (Fsp3) is 0.316. The first-order valence-electron chi connectivity index (χ1n) is 8.71. The largest absolute Gasteiger partial charge is 0.491 e. The van der Waals surface area contributed by atoms with Crippen molar-refractivity contribution in [3.8, 4) is 5.75 Å². The average molecular weight is 409 g/mol. The topological polar surface area (TPSA) is 84.5 Å². The van der Waals surface area contributed by atoms with Crippen molar-refractivity contribution in [3.05, 3.63) is 53.6 Å². The second-order valence-electron chi connectivity index (χ2n) is 6.40. The van der Waals surface area contributed by atoms with Crippen molar-refractivity contribution in [3.63, 3.8) is 0 Å². The number of rotatable bonds is 9. The van der Waals surface area contributed by atoms with Crippen LogP contribution in [0, 0.1) is 5.92 Å². The van der Waals surface area contributed by atoms with E-state index in [0.717, 1.165) is 12.8 Å². The molecule has 0 aromatic heterocycles. The predicted molar refractivity (Wildman–Crippen MR) is 105 cm³/mol. The highest BCUT2D eigenvalue weighted by Gasteiger charge is 2.24. The first-order chi connectivity index (χ1) is 12.9. The molecule has 2 aromatic carbocycles. The van der Waals surface area contributed by atoms with E-state index in [1.807, 2.05) is 0 Å². The molecule has 1 aliphatic rings. The van der Waals surface area contributed by atoms with Crippen LogP contribution in [-0.4, -0.2) is 27.5 Å². The third kappa shape index (κ3) is 5.95. The lowest BCUT2D eigenvalue weighted by molar-refractivity contribution is -0.116. The molecule has 1 aliphatic carbocycles. The number of hydrogen-bond acceptors (Lipinski definition) is 4. The number of amides is 1. The number of hydrogen-bond donors (Lipinski definition) is 2. The second kappa shape index (κ2) is 8.73. The van der Waals surface area contributed by atoms with Gasteiger partial charge < -0.3 is 10.1 Å². The van der Waals surface area contributed by atoms with Gasteiger partial charge in [-0.1, -0.05) is 23.7 Å². The van der Waals surface area contributed by atoms with E-state index in [9.17, 15) is 13.2 Å². The van der Waals surface area contributed by atoms with Gasteiger partial charge in [0.25, 0.3) is 0 Å². The summed E-state index contributed by atoms with van der Waals surface area (Å²) >= 11 is 5.98. The number of halogens is 1. The highest BCUT2D eigenvalue weighted by Crippen LogP contribution is 2.28. The van der Waals surface area contributed by atoms with Crippen LogP contribution < -0.4 is 14.8 Å². The Balaban J connectivity index is 1.47. The molecule has 0 atom stereocenters. The molecule has 0 heterocycles. The molecular formula is C19H21ClN2O4S. The maximum atomic E-state index is 12.2. The van der Waals surface area contributed by atoms with Crippen LogP contribution in [0.1, 0.15) is 19.3 Å². The Morgan fingerprint density at radius 1 is 1.11 bits per heavy atom. The summed E-state index contributed by atoms with van der Waals surface area (Å²) in [6.07, 6.45) is 2.30. The molecule has 144 valence electrons. The van der Waals surface area contributed by atoms with Crippen molar-refractivity contribution < 1.29 is 17.9 Å². The SMILES string of the molecule is O=C(CCOc1ccccc1Cl)Nc1ccc(S(=O)(=O)NCC2CC2)cc1. The molecule has 27 heavy (non-hydrogen) atoms. The van der Waals surface area contributed by atoms with Gasteiger partial charge >= 0.3 is 0 Å². The maximum absolute atomic E-state index is 12.2.